The van der Waals surface area contributed by atoms with Gasteiger partial charge in [0.2, 0.25) is 5.91 Å². The lowest BCUT2D eigenvalue weighted by atomic mass is 10.2. The quantitative estimate of drug-likeness (QED) is 0.796. The van der Waals surface area contributed by atoms with Gasteiger partial charge in [0.15, 0.2) is 11.5 Å². The van der Waals surface area contributed by atoms with Gasteiger partial charge in [-0.05, 0) is 42.0 Å². The molecule has 6 heteroatoms. The molecule has 2 aromatic rings. The average Bonchev–Trinajstić information content (AvgIpc) is 2.56. The van der Waals surface area contributed by atoms with Crippen LogP contribution >= 0.6 is 23.2 Å². The topological polar surface area (TPSA) is 47.6 Å². The molecule has 2 rings (SSSR count). The van der Waals surface area contributed by atoms with E-state index in [1.807, 2.05) is 6.07 Å². The van der Waals surface area contributed by atoms with Gasteiger partial charge in [-0.25, -0.2) is 0 Å². The Morgan fingerprint density at radius 3 is 2.48 bits per heavy atom. The summed E-state index contributed by atoms with van der Waals surface area (Å²) in [5.74, 6) is 0.900. The number of benzene rings is 2. The molecule has 0 radical (unpaired) electrons. The highest BCUT2D eigenvalue weighted by molar-refractivity contribution is 6.35. The molecule has 0 aromatic heterocycles. The molecule has 0 saturated heterocycles. The van der Waals surface area contributed by atoms with Gasteiger partial charge in [0, 0.05) is 11.1 Å². The van der Waals surface area contributed by atoms with E-state index in [-0.39, 0.29) is 5.91 Å². The van der Waals surface area contributed by atoms with Crippen LogP contribution in [0.15, 0.2) is 42.5 Å². The second-order valence-corrected chi connectivity index (χ2v) is 5.40. The Labute approximate surface area is 144 Å². The van der Waals surface area contributed by atoms with Crippen molar-refractivity contribution in [1.29, 1.82) is 0 Å². The molecule has 23 heavy (non-hydrogen) atoms. The predicted molar refractivity (Wildman–Crippen MR) is 93.7 cm³/mol. The van der Waals surface area contributed by atoms with Gasteiger partial charge in [-0.3, -0.25) is 4.79 Å². The fraction of sp³-hybridized carbons (Fsp3) is 0.118. The lowest BCUT2D eigenvalue weighted by Crippen LogP contribution is -2.08. The summed E-state index contributed by atoms with van der Waals surface area (Å²) in [6.07, 6.45) is 3.06. The van der Waals surface area contributed by atoms with Crippen molar-refractivity contribution in [3.8, 4) is 11.5 Å². The highest BCUT2D eigenvalue weighted by Crippen LogP contribution is 2.28. The standard InChI is InChI=1S/C17H15Cl2NO3/c1-22-15-7-3-11(9-16(15)23-2)4-8-17(21)20-14-10-12(18)5-6-13(14)19/h3-10H,1-2H3,(H,20,21). The Balaban J connectivity index is 2.10. The number of carbonyl (C=O) groups excluding carboxylic acids is 1. The summed E-state index contributed by atoms with van der Waals surface area (Å²) in [4.78, 5) is 12.0. The third kappa shape index (κ3) is 4.65. The molecule has 0 aliphatic heterocycles. The van der Waals surface area contributed by atoms with E-state index in [1.165, 1.54) is 6.08 Å². The van der Waals surface area contributed by atoms with Gasteiger partial charge < -0.3 is 14.8 Å². The first-order valence-electron chi connectivity index (χ1n) is 6.69. The summed E-state index contributed by atoms with van der Waals surface area (Å²) in [6, 6.07) is 10.2. The number of amides is 1. The molecule has 0 aliphatic carbocycles. The number of hydrogen-bond donors (Lipinski definition) is 1. The van der Waals surface area contributed by atoms with Crippen LogP contribution in [0.2, 0.25) is 10.0 Å². The fourth-order valence-electron chi connectivity index (χ4n) is 1.90. The third-order valence-corrected chi connectivity index (χ3v) is 3.59. The zero-order chi connectivity index (χ0) is 16.8. The SMILES string of the molecule is COc1ccc(C=CC(=O)Nc2cc(Cl)ccc2Cl)cc1OC. The molecule has 2 aromatic carbocycles. The largest absolute Gasteiger partial charge is 0.493 e. The minimum atomic E-state index is -0.316. The summed E-state index contributed by atoms with van der Waals surface area (Å²) < 4.78 is 10.4. The highest BCUT2D eigenvalue weighted by atomic mass is 35.5. The van der Waals surface area contributed by atoms with Crippen molar-refractivity contribution in [2.75, 3.05) is 19.5 Å². The van der Waals surface area contributed by atoms with Crippen molar-refractivity contribution in [3.63, 3.8) is 0 Å². The van der Waals surface area contributed by atoms with Crippen molar-refractivity contribution >= 4 is 40.9 Å². The molecule has 1 amide bonds. The Kier molecular flexibility index (Phi) is 5.90. The van der Waals surface area contributed by atoms with Gasteiger partial charge in [0.1, 0.15) is 0 Å². The molecule has 0 fully saturated rings. The number of nitrogens with one attached hydrogen (secondary N) is 1. The number of methoxy groups -OCH3 is 2. The monoisotopic (exact) mass is 351 g/mol. The molecule has 0 spiro atoms. The molecule has 0 aliphatic rings. The van der Waals surface area contributed by atoms with E-state index < -0.39 is 0 Å². The summed E-state index contributed by atoms with van der Waals surface area (Å²) in [6.45, 7) is 0. The molecule has 0 atom stereocenters. The van der Waals surface area contributed by atoms with Gasteiger partial charge >= 0.3 is 0 Å². The van der Waals surface area contributed by atoms with Crippen LogP contribution in [0.4, 0.5) is 5.69 Å². The van der Waals surface area contributed by atoms with Gasteiger partial charge in [-0.1, -0.05) is 29.3 Å². The van der Waals surface area contributed by atoms with E-state index in [9.17, 15) is 4.79 Å². The molecule has 0 heterocycles. The maximum absolute atomic E-state index is 12.0. The molecule has 0 saturated carbocycles. The smallest absolute Gasteiger partial charge is 0.248 e. The molecular formula is C17H15Cl2NO3. The van der Waals surface area contributed by atoms with Crippen molar-refractivity contribution in [2.24, 2.45) is 0 Å². The van der Waals surface area contributed by atoms with E-state index in [0.717, 1.165) is 5.56 Å². The normalized spacial score (nSPS) is 10.6. The van der Waals surface area contributed by atoms with Crippen LogP contribution in [0.3, 0.4) is 0 Å². The molecular weight excluding hydrogens is 337 g/mol. The minimum absolute atomic E-state index is 0.316. The lowest BCUT2D eigenvalue weighted by Gasteiger charge is -2.08. The van der Waals surface area contributed by atoms with Crippen LogP contribution in [0, 0.1) is 0 Å². The number of hydrogen-bond acceptors (Lipinski definition) is 3. The van der Waals surface area contributed by atoms with Crippen LogP contribution in [0.25, 0.3) is 6.08 Å². The first-order chi connectivity index (χ1) is 11.0. The van der Waals surface area contributed by atoms with Crippen molar-refractivity contribution in [3.05, 3.63) is 58.1 Å². The van der Waals surface area contributed by atoms with Gasteiger partial charge in [-0.15, -0.1) is 0 Å². The van der Waals surface area contributed by atoms with Gasteiger partial charge in [0.25, 0.3) is 0 Å². The lowest BCUT2D eigenvalue weighted by molar-refractivity contribution is -0.111. The predicted octanol–water partition coefficient (Wildman–Crippen LogP) is 4.66. The van der Waals surface area contributed by atoms with Crippen LogP contribution in [-0.2, 0) is 4.79 Å². The minimum Gasteiger partial charge on any atom is -0.493 e. The first kappa shape index (κ1) is 17.2. The number of rotatable bonds is 5. The van der Waals surface area contributed by atoms with Crippen molar-refractivity contribution < 1.29 is 14.3 Å². The molecule has 1 N–H and O–H groups in total. The Morgan fingerprint density at radius 1 is 1.04 bits per heavy atom. The second kappa shape index (κ2) is 7.90. The summed E-state index contributed by atoms with van der Waals surface area (Å²) in [5, 5.41) is 3.59. The van der Waals surface area contributed by atoms with E-state index in [2.05, 4.69) is 5.32 Å². The Hall–Kier alpha value is -2.17. The van der Waals surface area contributed by atoms with Crippen LogP contribution in [-0.4, -0.2) is 20.1 Å². The molecule has 0 unspecified atom stereocenters. The van der Waals surface area contributed by atoms with E-state index in [0.29, 0.717) is 27.2 Å². The maximum atomic E-state index is 12.0. The summed E-state index contributed by atoms with van der Waals surface area (Å²) >= 11 is 11.9. The molecule has 120 valence electrons. The van der Waals surface area contributed by atoms with Crippen LogP contribution in [0.5, 0.6) is 11.5 Å². The number of ether oxygens (including phenoxy) is 2. The van der Waals surface area contributed by atoms with Gasteiger partial charge in [0.05, 0.1) is 24.9 Å². The van der Waals surface area contributed by atoms with Crippen molar-refractivity contribution in [2.45, 2.75) is 0 Å². The highest BCUT2D eigenvalue weighted by Gasteiger charge is 2.05. The second-order valence-electron chi connectivity index (χ2n) is 4.56. The van der Waals surface area contributed by atoms with Crippen LogP contribution in [0.1, 0.15) is 5.56 Å². The van der Waals surface area contributed by atoms with Gasteiger partial charge in [-0.2, -0.15) is 0 Å². The Bertz CT molecular complexity index is 745. The third-order valence-electron chi connectivity index (χ3n) is 3.02. The van der Waals surface area contributed by atoms with E-state index in [4.69, 9.17) is 32.7 Å². The number of anilines is 1. The fourth-order valence-corrected chi connectivity index (χ4v) is 2.23. The van der Waals surface area contributed by atoms with Crippen molar-refractivity contribution in [1.82, 2.24) is 0 Å². The van der Waals surface area contributed by atoms with E-state index >= 15 is 0 Å². The molecule has 0 bridgehead atoms. The molecule has 4 nitrogen and oxygen atoms in total. The van der Waals surface area contributed by atoms with E-state index in [1.54, 1.807) is 50.6 Å². The first-order valence-corrected chi connectivity index (χ1v) is 7.45. The maximum Gasteiger partial charge on any atom is 0.248 e. The zero-order valence-corrected chi connectivity index (χ0v) is 14.1. The summed E-state index contributed by atoms with van der Waals surface area (Å²) in [7, 11) is 3.12. The summed E-state index contributed by atoms with van der Waals surface area (Å²) in [5.41, 5.74) is 1.26. The van der Waals surface area contributed by atoms with Crippen LogP contribution < -0.4 is 14.8 Å². The number of carbonyl (C=O) groups is 1. The number of halogens is 2. The Morgan fingerprint density at radius 2 is 1.78 bits per heavy atom. The average molecular weight is 352 g/mol. The zero-order valence-electron chi connectivity index (χ0n) is 12.6.